The molecule has 3 aromatic rings. The number of carbonyl (C=O) groups is 2. The van der Waals surface area contributed by atoms with Crippen LogP contribution in [0.2, 0.25) is 0 Å². The molecule has 1 aliphatic carbocycles. The molecule has 1 fully saturated rings. The Bertz CT molecular complexity index is 1040. The molecule has 0 aliphatic heterocycles. The van der Waals surface area contributed by atoms with Gasteiger partial charge in [-0.25, -0.2) is 4.39 Å². The van der Waals surface area contributed by atoms with Gasteiger partial charge in [0, 0.05) is 17.8 Å². The Morgan fingerprint density at radius 3 is 2.19 bits per heavy atom. The van der Waals surface area contributed by atoms with Crippen molar-refractivity contribution in [1.82, 2.24) is 5.32 Å². The number of anilines is 1. The van der Waals surface area contributed by atoms with Crippen LogP contribution < -0.4 is 10.6 Å². The summed E-state index contributed by atoms with van der Waals surface area (Å²) in [7, 11) is 0. The van der Waals surface area contributed by atoms with E-state index in [0.717, 1.165) is 31.2 Å². The highest BCUT2D eigenvalue weighted by Gasteiger charge is 2.50. The van der Waals surface area contributed by atoms with E-state index in [1.165, 1.54) is 29.8 Å². The van der Waals surface area contributed by atoms with Crippen LogP contribution in [0.1, 0.15) is 40.7 Å². The molecule has 0 unspecified atom stereocenters. The Morgan fingerprint density at radius 1 is 0.871 bits per heavy atom. The Morgan fingerprint density at radius 2 is 1.55 bits per heavy atom. The van der Waals surface area contributed by atoms with E-state index < -0.39 is 5.41 Å². The monoisotopic (exact) mass is 416 g/mol. The first-order chi connectivity index (χ1) is 15.1. The zero-order chi connectivity index (χ0) is 21.7. The number of amides is 2. The largest absolute Gasteiger partial charge is 0.355 e. The van der Waals surface area contributed by atoms with E-state index in [1.54, 1.807) is 12.1 Å². The van der Waals surface area contributed by atoms with E-state index in [1.807, 2.05) is 30.3 Å². The third-order valence-electron chi connectivity index (χ3n) is 5.76. The normalized spacial score (nSPS) is 14.0. The van der Waals surface area contributed by atoms with Crippen molar-refractivity contribution >= 4 is 17.5 Å². The van der Waals surface area contributed by atoms with Crippen molar-refractivity contribution in [2.75, 3.05) is 11.9 Å². The second kappa shape index (κ2) is 9.13. The molecule has 0 spiro atoms. The number of hydrogen-bond acceptors (Lipinski definition) is 2. The minimum atomic E-state index is -0.452. The minimum Gasteiger partial charge on any atom is -0.355 e. The number of nitrogens with one attached hydrogen (secondary N) is 2. The lowest BCUT2D eigenvalue weighted by Gasteiger charge is -2.16. The van der Waals surface area contributed by atoms with E-state index in [4.69, 9.17) is 0 Å². The summed E-state index contributed by atoms with van der Waals surface area (Å²) in [5, 5.41) is 5.89. The fourth-order valence-corrected chi connectivity index (χ4v) is 3.76. The highest BCUT2D eigenvalue weighted by Crippen LogP contribution is 2.48. The highest BCUT2D eigenvalue weighted by molar-refractivity contribution is 6.04. The van der Waals surface area contributed by atoms with Crippen LogP contribution in [0, 0.1) is 5.82 Å². The molecule has 4 rings (SSSR count). The van der Waals surface area contributed by atoms with E-state index in [0.29, 0.717) is 17.8 Å². The molecule has 0 bridgehead atoms. The van der Waals surface area contributed by atoms with Crippen molar-refractivity contribution < 1.29 is 14.0 Å². The minimum absolute atomic E-state index is 0.0728. The van der Waals surface area contributed by atoms with Crippen LogP contribution in [0.15, 0.2) is 78.9 Å². The number of rotatable bonds is 8. The maximum atomic E-state index is 13.0. The van der Waals surface area contributed by atoms with Crippen molar-refractivity contribution in [3.63, 3.8) is 0 Å². The number of aryl methyl sites for hydroxylation is 1. The second-order valence-corrected chi connectivity index (χ2v) is 7.97. The molecule has 1 saturated carbocycles. The highest BCUT2D eigenvalue weighted by atomic mass is 19.1. The zero-order valence-corrected chi connectivity index (χ0v) is 17.2. The summed E-state index contributed by atoms with van der Waals surface area (Å²) in [5.74, 6) is -0.609. The van der Waals surface area contributed by atoms with Crippen LogP contribution in [0.4, 0.5) is 10.1 Å². The van der Waals surface area contributed by atoms with E-state index >= 15 is 0 Å². The van der Waals surface area contributed by atoms with Crippen LogP contribution in [0.5, 0.6) is 0 Å². The molecule has 31 heavy (non-hydrogen) atoms. The topological polar surface area (TPSA) is 58.2 Å². The predicted octanol–water partition coefficient (Wildman–Crippen LogP) is 4.86. The summed E-state index contributed by atoms with van der Waals surface area (Å²) in [6, 6.07) is 23.1. The van der Waals surface area contributed by atoms with E-state index in [2.05, 4.69) is 22.8 Å². The maximum Gasteiger partial charge on any atom is 0.255 e. The Balaban J connectivity index is 1.30. The van der Waals surface area contributed by atoms with Gasteiger partial charge in [-0.3, -0.25) is 9.59 Å². The average Bonchev–Trinajstić information content (AvgIpc) is 3.60. The molecule has 3 aromatic carbocycles. The molecule has 0 aromatic heterocycles. The van der Waals surface area contributed by atoms with Gasteiger partial charge < -0.3 is 10.6 Å². The summed E-state index contributed by atoms with van der Waals surface area (Å²) in [5.41, 5.74) is 2.81. The first kappa shape index (κ1) is 20.8. The number of hydrogen-bond donors (Lipinski definition) is 2. The van der Waals surface area contributed by atoms with Crippen molar-refractivity contribution in [2.24, 2.45) is 0 Å². The van der Waals surface area contributed by atoms with Gasteiger partial charge in [0.2, 0.25) is 5.91 Å². The van der Waals surface area contributed by atoms with Gasteiger partial charge in [0.15, 0.2) is 0 Å². The Hall–Kier alpha value is -3.47. The van der Waals surface area contributed by atoms with Gasteiger partial charge in [-0.15, -0.1) is 0 Å². The summed E-state index contributed by atoms with van der Waals surface area (Å²) in [6.07, 6.45) is 3.51. The second-order valence-electron chi connectivity index (χ2n) is 7.97. The number of benzene rings is 3. The van der Waals surface area contributed by atoms with Gasteiger partial charge in [0.05, 0.1) is 5.41 Å². The van der Waals surface area contributed by atoms with Gasteiger partial charge >= 0.3 is 0 Å². The molecule has 5 heteroatoms. The molecule has 2 amide bonds. The molecule has 2 N–H and O–H groups in total. The molecular formula is C26H25FN2O2. The molecule has 158 valence electrons. The molecule has 4 nitrogen and oxygen atoms in total. The quantitative estimate of drug-likeness (QED) is 0.515. The standard InChI is InChI=1S/C26H25FN2O2/c27-22-12-8-20(9-13-22)24(30)29-23-14-10-21(11-15-23)26(16-17-26)25(31)28-18-4-7-19-5-2-1-3-6-19/h1-3,5-6,8-15H,4,7,16-18H2,(H,28,31)(H,29,30). The SMILES string of the molecule is O=C(Nc1ccc(C2(C(=O)NCCCc3ccccc3)CC2)cc1)c1ccc(F)cc1. The third kappa shape index (κ3) is 5.00. The fraction of sp³-hybridized carbons (Fsp3) is 0.231. The third-order valence-corrected chi connectivity index (χ3v) is 5.76. The van der Waals surface area contributed by atoms with Crippen molar-refractivity contribution in [3.8, 4) is 0 Å². The zero-order valence-electron chi connectivity index (χ0n) is 17.2. The van der Waals surface area contributed by atoms with E-state index in [9.17, 15) is 14.0 Å². The van der Waals surface area contributed by atoms with Crippen molar-refractivity contribution in [3.05, 3.63) is 101 Å². The van der Waals surface area contributed by atoms with Gasteiger partial charge in [-0.05, 0) is 73.2 Å². The fourth-order valence-electron chi connectivity index (χ4n) is 3.76. The smallest absolute Gasteiger partial charge is 0.255 e. The summed E-state index contributed by atoms with van der Waals surface area (Å²) < 4.78 is 13.0. The van der Waals surface area contributed by atoms with Gasteiger partial charge in [0.25, 0.3) is 5.91 Å². The van der Waals surface area contributed by atoms with Crippen LogP contribution in [-0.2, 0) is 16.6 Å². The molecule has 0 heterocycles. The number of carbonyl (C=O) groups excluding carboxylic acids is 2. The lowest BCUT2D eigenvalue weighted by molar-refractivity contribution is -0.123. The summed E-state index contributed by atoms with van der Waals surface area (Å²) in [6.45, 7) is 0.654. The van der Waals surface area contributed by atoms with E-state index in [-0.39, 0.29) is 17.6 Å². The summed E-state index contributed by atoms with van der Waals surface area (Å²) >= 11 is 0. The molecule has 0 radical (unpaired) electrons. The van der Waals surface area contributed by atoms with Crippen molar-refractivity contribution in [1.29, 1.82) is 0 Å². The first-order valence-electron chi connectivity index (χ1n) is 10.6. The lowest BCUT2D eigenvalue weighted by atomic mass is 9.94. The van der Waals surface area contributed by atoms with Gasteiger partial charge in [-0.2, -0.15) is 0 Å². The lowest BCUT2D eigenvalue weighted by Crippen LogP contribution is -2.35. The van der Waals surface area contributed by atoms with Gasteiger partial charge in [0.1, 0.15) is 5.82 Å². The Labute approximate surface area is 181 Å². The van der Waals surface area contributed by atoms with Crippen LogP contribution in [0.3, 0.4) is 0 Å². The number of halogens is 1. The van der Waals surface area contributed by atoms with Crippen LogP contribution in [-0.4, -0.2) is 18.4 Å². The molecule has 0 atom stereocenters. The molecule has 1 aliphatic rings. The predicted molar refractivity (Wildman–Crippen MR) is 119 cm³/mol. The van der Waals surface area contributed by atoms with Crippen molar-refractivity contribution in [2.45, 2.75) is 31.1 Å². The Kier molecular flexibility index (Phi) is 6.12. The van der Waals surface area contributed by atoms with Crippen LogP contribution >= 0.6 is 0 Å². The van der Waals surface area contributed by atoms with Crippen LogP contribution in [0.25, 0.3) is 0 Å². The summed E-state index contributed by atoms with van der Waals surface area (Å²) in [4.78, 5) is 25.1. The van der Waals surface area contributed by atoms with Gasteiger partial charge in [-0.1, -0.05) is 42.5 Å². The first-order valence-corrected chi connectivity index (χ1v) is 10.6. The average molecular weight is 416 g/mol. The molecule has 0 saturated heterocycles. The maximum absolute atomic E-state index is 13.0. The molecular weight excluding hydrogens is 391 g/mol.